The first-order valence-electron chi connectivity index (χ1n) is 5.53. The van der Waals surface area contributed by atoms with Gasteiger partial charge in [0, 0.05) is 17.4 Å². The van der Waals surface area contributed by atoms with E-state index in [2.05, 4.69) is 5.32 Å². The van der Waals surface area contributed by atoms with Crippen molar-refractivity contribution in [3.8, 4) is 0 Å². The summed E-state index contributed by atoms with van der Waals surface area (Å²) in [6, 6.07) is 10.00. The van der Waals surface area contributed by atoms with Crippen LogP contribution < -0.4 is 11.1 Å². The van der Waals surface area contributed by atoms with E-state index in [0.29, 0.717) is 11.4 Å². The third kappa shape index (κ3) is 2.80. The van der Waals surface area contributed by atoms with Gasteiger partial charge in [0.25, 0.3) is 11.4 Å². The Morgan fingerprint density at radius 2 is 1.60 bits per heavy atom. The van der Waals surface area contributed by atoms with Gasteiger partial charge < -0.3 is 11.1 Å². The molecule has 3 N–H and O–H groups in total. The summed E-state index contributed by atoms with van der Waals surface area (Å²) in [7, 11) is 0. The van der Waals surface area contributed by atoms with Crippen LogP contribution in [0.15, 0.2) is 42.5 Å². The number of nitro benzene ring substituents is 2. The third-order valence-electron chi connectivity index (χ3n) is 2.58. The fourth-order valence-electron chi connectivity index (χ4n) is 1.61. The van der Waals surface area contributed by atoms with Crippen LogP contribution in [-0.4, -0.2) is 9.85 Å². The Kier molecular flexibility index (Phi) is 3.47. The van der Waals surface area contributed by atoms with Gasteiger partial charge >= 0.3 is 0 Å². The van der Waals surface area contributed by atoms with Gasteiger partial charge in [0.15, 0.2) is 0 Å². The van der Waals surface area contributed by atoms with Gasteiger partial charge in [0.1, 0.15) is 5.69 Å². The van der Waals surface area contributed by atoms with Crippen LogP contribution in [-0.2, 0) is 0 Å². The van der Waals surface area contributed by atoms with Crippen LogP contribution >= 0.6 is 0 Å². The molecule has 0 saturated carbocycles. The normalized spacial score (nSPS) is 10.0. The first-order valence-corrected chi connectivity index (χ1v) is 5.53. The summed E-state index contributed by atoms with van der Waals surface area (Å²) in [6.45, 7) is 0. The zero-order valence-corrected chi connectivity index (χ0v) is 10.1. The SMILES string of the molecule is Nc1ccc(Nc2ccc([N+](=O)[O-])cc2[N+](=O)[O-])cc1. The molecule has 2 rings (SSSR count). The number of non-ortho nitro benzene ring substituents is 1. The van der Waals surface area contributed by atoms with Crippen LogP contribution in [0.3, 0.4) is 0 Å². The minimum atomic E-state index is -0.681. The van der Waals surface area contributed by atoms with Crippen molar-refractivity contribution in [1.29, 1.82) is 0 Å². The molecule has 0 fully saturated rings. The molecule has 0 aromatic heterocycles. The van der Waals surface area contributed by atoms with Crippen molar-refractivity contribution < 1.29 is 9.85 Å². The molecule has 0 atom stereocenters. The van der Waals surface area contributed by atoms with Crippen molar-refractivity contribution in [2.24, 2.45) is 0 Å². The minimum Gasteiger partial charge on any atom is -0.399 e. The number of rotatable bonds is 4. The molecule has 20 heavy (non-hydrogen) atoms. The lowest BCUT2D eigenvalue weighted by atomic mass is 10.2. The molecule has 0 aliphatic rings. The monoisotopic (exact) mass is 274 g/mol. The molecular formula is C12H10N4O4. The highest BCUT2D eigenvalue weighted by Crippen LogP contribution is 2.31. The quantitative estimate of drug-likeness (QED) is 0.501. The standard InChI is InChI=1S/C12H10N4O4/c13-8-1-3-9(4-2-8)14-11-6-5-10(15(17)18)7-12(11)16(19)20/h1-7,14H,13H2. The predicted molar refractivity (Wildman–Crippen MR) is 73.9 cm³/mol. The van der Waals surface area contributed by atoms with Crippen molar-refractivity contribution in [3.63, 3.8) is 0 Å². The van der Waals surface area contributed by atoms with Crippen LogP contribution in [0.2, 0.25) is 0 Å². The van der Waals surface area contributed by atoms with E-state index in [0.717, 1.165) is 6.07 Å². The zero-order chi connectivity index (χ0) is 14.7. The highest BCUT2D eigenvalue weighted by atomic mass is 16.6. The number of nitro groups is 2. The zero-order valence-electron chi connectivity index (χ0n) is 10.1. The van der Waals surface area contributed by atoms with Gasteiger partial charge in [-0.15, -0.1) is 0 Å². The molecule has 0 saturated heterocycles. The van der Waals surface area contributed by atoms with Crippen molar-refractivity contribution in [2.75, 3.05) is 11.1 Å². The molecule has 0 amide bonds. The van der Waals surface area contributed by atoms with Crippen LogP contribution in [0.1, 0.15) is 0 Å². The molecule has 2 aromatic rings. The number of hydrogen-bond donors (Lipinski definition) is 2. The maximum absolute atomic E-state index is 11.0. The number of nitrogens with two attached hydrogens (primary N) is 1. The van der Waals surface area contributed by atoms with Crippen LogP contribution in [0.4, 0.5) is 28.4 Å². The van der Waals surface area contributed by atoms with Gasteiger partial charge in [-0.2, -0.15) is 0 Å². The molecule has 0 aliphatic heterocycles. The van der Waals surface area contributed by atoms with E-state index < -0.39 is 9.85 Å². The lowest BCUT2D eigenvalue weighted by molar-refractivity contribution is -0.393. The predicted octanol–water partition coefficient (Wildman–Crippen LogP) is 2.83. The average Bonchev–Trinajstić information content (AvgIpc) is 2.41. The van der Waals surface area contributed by atoms with Crippen molar-refractivity contribution in [3.05, 3.63) is 62.7 Å². The summed E-state index contributed by atoms with van der Waals surface area (Å²) in [6.07, 6.45) is 0. The van der Waals surface area contributed by atoms with Crippen molar-refractivity contribution in [2.45, 2.75) is 0 Å². The summed E-state index contributed by atoms with van der Waals surface area (Å²) in [5.41, 5.74) is 6.17. The van der Waals surface area contributed by atoms with Gasteiger partial charge in [-0.25, -0.2) is 0 Å². The van der Waals surface area contributed by atoms with Crippen LogP contribution in [0, 0.1) is 20.2 Å². The number of nitrogens with zero attached hydrogens (tertiary/aromatic N) is 2. The van der Waals surface area contributed by atoms with Crippen molar-refractivity contribution >= 4 is 28.4 Å². The van der Waals surface area contributed by atoms with E-state index in [1.165, 1.54) is 12.1 Å². The highest BCUT2D eigenvalue weighted by molar-refractivity contribution is 5.72. The lowest BCUT2D eigenvalue weighted by Gasteiger charge is -2.07. The molecule has 0 bridgehead atoms. The molecule has 8 heteroatoms. The van der Waals surface area contributed by atoms with E-state index in [-0.39, 0.29) is 17.1 Å². The lowest BCUT2D eigenvalue weighted by Crippen LogP contribution is -1.99. The summed E-state index contributed by atoms with van der Waals surface area (Å²) in [5.74, 6) is 0. The molecule has 8 nitrogen and oxygen atoms in total. The Hall–Kier alpha value is -3.16. The number of nitrogens with one attached hydrogen (secondary N) is 1. The smallest absolute Gasteiger partial charge is 0.299 e. The molecule has 0 unspecified atom stereocenters. The first kappa shape index (κ1) is 13.3. The molecule has 0 spiro atoms. The summed E-state index contributed by atoms with van der Waals surface area (Å²) < 4.78 is 0. The maximum Gasteiger partial charge on any atom is 0.299 e. The second-order valence-corrected chi connectivity index (χ2v) is 3.96. The number of benzene rings is 2. The van der Waals surface area contributed by atoms with E-state index in [4.69, 9.17) is 5.73 Å². The summed E-state index contributed by atoms with van der Waals surface area (Å²) >= 11 is 0. The van der Waals surface area contributed by atoms with Gasteiger partial charge in [-0.1, -0.05) is 0 Å². The number of nitrogen functional groups attached to an aromatic ring is 1. The molecule has 102 valence electrons. The maximum atomic E-state index is 11.0. The first-order chi connectivity index (χ1) is 9.47. The Balaban J connectivity index is 2.38. The second kappa shape index (κ2) is 5.22. The Morgan fingerprint density at radius 1 is 0.950 bits per heavy atom. The highest BCUT2D eigenvalue weighted by Gasteiger charge is 2.19. The molecule has 0 radical (unpaired) electrons. The van der Waals surface area contributed by atoms with Crippen LogP contribution in [0.25, 0.3) is 0 Å². The number of anilines is 3. The topological polar surface area (TPSA) is 124 Å². The average molecular weight is 274 g/mol. The van der Waals surface area contributed by atoms with E-state index in [1.54, 1.807) is 24.3 Å². The van der Waals surface area contributed by atoms with Crippen LogP contribution in [0.5, 0.6) is 0 Å². The molecule has 2 aromatic carbocycles. The van der Waals surface area contributed by atoms with E-state index in [1.807, 2.05) is 0 Å². The Labute approximate surface area is 113 Å². The Bertz CT molecular complexity index is 670. The van der Waals surface area contributed by atoms with Gasteiger partial charge in [-0.05, 0) is 30.3 Å². The molecular weight excluding hydrogens is 264 g/mol. The summed E-state index contributed by atoms with van der Waals surface area (Å²) in [5, 5.41) is 24.4. The van der Waals surface area contributed by atoms with Gasteiger partial charge in [0.2, 0.25) is 0 Å². The van der Waals surface area contributed by atoms with E-state index in [9.17, 15) is 20.2 Å². The van der Waals surface area contributed by atoms with E-state index >= 15 is 0 Å². The van der Waals surface area contributed by atoms with Crippen molar-refractivity contribution in [1.82, 2.24) is 0 Å². The van der Waals surface area contributed by atoms with Gasteiger partial charge in [-0.3, -0.25) is 20.2 Å². The summed E-state index contributed by atoms with van der Waals surface area (Å²) in [4.78, 5) is 20.2. The molecule has 0 aliphatic carbocycles. The fourth-order valence-corrected chi connectivity index (χ4v) is 1.61. The third-order valence-corrected chi connectivity index (χ3v) is 2.58. The largest absolute Gasteiger partial charge is 0.399 e. The van der Waals surface area contributed by atoms with Gasteiger partial charge in [0.05, 0.1) is 15.9 Å². The molecule has 0 heterocycles. The Morgan fingerprint density at radius 3 is 2.15 bits per heavy atom. The second-order valence-electron chi connectivity index (χ2n) is 3.96. The minimum absolute atomic E-state index is 0.172. The fraction of sp³-hybridized carbons (Fsp3) is 0. The number of hydrogen-bond acceptors (Lipinski definition) is 6.